The summed E-state index contributed by atoms with van der Waals surface area (Å²) in [6.45, 7) is 8.77. The van der Waals surface area contributed by atoms with Crippen LogP contribution < -0.4 is 4.90 Å². The predicted molar refractivity (Wildman–Crippen MR) is 134 cm³/mol. The fourth-order valence-corrected chi connectivity index (χ4v) is 4.98. The molecule has 6 nitrogen and oxygen atoms in total. The molecule has 188 valence electrons. The fraction of sp³-hybridized carbons (Fsp3) is 0.370. The number of pyridine rings is 1. The van der Waals surface area contributed by atoms with Crippen molar-refractivity contribution in [2.24, 2.45) is 7.05 Å². The number of hydrogen-bond acceptors (Lipinski definition) is 4. The van der Waals surface area contributed by atoms with E-state index in [4.69, 9.17) is 4.98 Å². The van der Waals surface area contributed by atoms with E-state index in [0.29, 0.717) is 17.3 Å². The van der Waals surface area contributed by atoms with Gasteiger partial charge in [0.2, 0.25) is 0 Å². The molecule has 3 aromatic heterocycles. The molecular formula is C27H29F3N6. The second-order valence-corrected chi connectivity index (χ2v) is 9.54. The Morgan fingerprint density at radius 3 is 2.39 bits per heavy atom. The Hall–Kier alpha value is -3.62. The molecule has 0 spiro atoms. The van der Waals surface area contributed by atoms with Gasteiger partial charge in [-0.25, -0.2) is 9.97 Å². The standard InChI is InChI=1S/C27H29F3N6/c1-17(2)24-21(6-5-12-31-24)25-22-11-13-35(14-15-36(22)18(3)32-25)20-9-7-19(8-10-20)26-33-23(16-34(26)4)27(28,29)30/h5-10,12,16-17H,11,13-15H2,1-4H3. The van der Waals surface area contributed by atoms with Crippen molar-refractivity contribution in [3.05, 3.63) is 71.7 Å². The van der Waals surface area contributed by atoms with Crippen LogP contribution in [0.3, 0.4) is 0 Å². The molecule has 9 heteroatoms. The van der Waals surface area contributed by atoms with Crippen molar-refractivity contribution in [1.29, 1.82) is 0 Å². The molecule has 0 amide bonds. The molecule has 4 heterocycles. The Bertz CT molecular complexity index is 1380. The Morgan fingerprint density at radius 1 is 0.972 bits per heavy atom. The summed E-state index contributed by atoms with van der Waals surface area (Å²) in [6, 6.07) is 11.7. The maximum absolute atomic E-state index is 13.1. The van der Waals surface area contributed by atoms with Crippen LogP contribution in [-0.2, 0) is 26.2 Å². The Labute approximate surface area is 208 Å². The number of rotatable bonds is 4. The number of alkyl halides is 3. The number of fused-ring (bicyclic) bond motifs is 1. The van der Waals surface area contributed by atoms with Crippen LogP contribution in [0.15, 0.2) is 48.8 Å². The van der Waals surface area contributed by atoms with Crippen molar-refractivity contribution in [3.63, 3.8) is 0 Å². The van der Waals surface area contributed by atoms with Gasteiger partial charge in [0.1, 0.15) is 11.6 Å². The molecule has 0 N–H and O–H groups in total. The van der Waals surface area contributed by atoms with Gasteiger partial charge in [0.05, 0.1) is 11.4 Å². The summed E-state index contributed by atoms with van der Waals surface area (Å²) in [5.41, 5.74) is 5.18. The topological polar surface area (TPSA) is 51.8 Å². The van der Waals surface area contributed by atoms with Gasteiger partial charge in [-0.3, -0.25) is 4.98 Å². The molecule has 0 fully saturated rings. The smallest absolute Gasteiger partial charge is 0.369 e. The number of nitrogens with zero attached hydrogens (tertiary/aromatic N) is 6. The van der Waals surface area contributed by atoms with Gasteiger partial charge in [-0.2, -0.15) is 13.2 Å². The zero-order valence-electron chi connectivity index (χ0n) is 20.8. The van der Waals surface area contributed by atoms with Crippen molar-refractivity contribution in [1.82, 2.24) is 24.1 Å². The van der Waals surface area contributed by atoms with E-state index in [1.165, 1.54) is 10.3 Å². The van der Waals surface area contributed by atoms with Crippen molar-refractivity contribution in [3.8, 4) is 22.6 Å². The number of aryl methyl sites for hydroxylation is 2. The van der Waals surface area contributed by atoms with Crippen molar-refractivity contribution < 1.29 is 13.2 Å². The van der Waals surface area contributed by atoms with Crippen LogP contribution >= 0.6 is 0 Å². The number of aromatic nitrogens is 5. The third-order valence-electron chi connectivity index (χ3n) is 6.77. The lowest BCUT2D eigenvalue weighted by Gasteiger charge is -2.23. The molecule has 1 aliphatic heterocycles. The minimum atomic E-state index is -4.46. The number of anilines is 1. The largest absolute Gasteiger partial charge is 0.434 e. The highest BCUT2D eigenvalue weighted by Gasteiger charge is 2.34. The highest BCUT2D eigenvalue weighted by atomic mass is 19.4. The van der Waals surface area contributed by atoms with E-state index in [0.717, 1.165) is 60.7 Å². The van der Waals surface area contributed by atoms with Crippen molar-refractivity contribution in [2.75, 3.05) is 18.0 Å². The monoisotopic (exact) mass is 494 g/mol. The predicted octanol–water partition coefficient (Wildman–Crippen LogP) is 5.86. The third kappa shape index (κ3) is 4.38. The normalized spacial score (nSPS) is 14.3. The van der Waals surface area contributed by atoms with Gasteiger partial charge in [0.25, 0.3) is 0 Å². The Balaban J connectivity index is 1.39. The molecule has 0 radical (unpaired) electrons. The van der Waals surface area contributed by atoms with Gasteiger partial charge in [-0.05, 0) is 49.2 Å². The van der Waals surface area contributed by atoms with E-state index in [1.807, 2.05) is 43.5 Å². The molecule has 1 aliphatic rings. The number of imidazole rings is 2. The summed E-state index contributed by atoms with van der Waals surface area (Å²) in [7, 11) is 1.58. The second-order valence-electron chi connectivity index (χ2n) is 9.54. The average molecular weight is 495 g/mol. The summed E-state index contributed by atoms with van der Waals surface area (Å²) in [5.74, 6) is 1.58. The Morgan fingerprint density at radius 2 is 1.72 bits per heavy atom. The van der Waals surface area contributed by atoms with E-state index in [1.54, 1.807) is 7.05 Å². The van der Waals surface area contributed by atoms with E-state index < -0.39 is 11.9 Å². The molecular weight excluding hydrogens is 465 g/mol. The van der Waals surface area contributed by atoms with Gasteiger partial charge in [0.15, 0.2) is 5.69 Å². The summed E-state index contributed by atoms with van der Waals surface area (Å²) in [4.78, 5) is 15.7. The van der Waals surface area contributed by atoms with Gasteiger partial charge in [-0.15, -0.1) is 0 Å². The second kappa shape index (κ2) is 9.11. The molecule has 0 aliphatic carbocycles. The molecule has 4 aromatic rings. The number of benzene rings is 1. The SMILES string of the molecule is Cc1nc(-c2cccnc2C(C)C)c2n1CCN(c1ccc(-c3nc(C(F)(F)F)cn3C)cc1)CC2. The molecule has 0 saturated carbocycles. The molecule has 36 heavy (non-hydrogen) atoms. The van der Waals surface area contributed by atoms with Gasteiger partial charge >= 0.3 is 6.18 Å². The van der Waals surface area contributed by atoms with Crippen molar-refractivity contribution >= 4 is 5.69 Å². The summed E-state index contributed by atoms with van der Waals surface area (Å²) < 4.78 is 42.9. The van der Waals surface area contributed by atoms with Gasteiger partial charge < -0.3 is 14.0 Å². The molecule has 0 unspecified atom stereocenters. The lowest BCUT2D eigenvalue weighted by molar-refractivity contribution is -0.140. The summed E-state index contributed by atoms with van der Waals surface area (Å²) >= 11 is 0. The van der Waals surface area contributed by atoms with Gasteiger partial charge in [-0.1, -0.05) is 13.8 Å². The van der Waals surface area contributed by atoms with Crippen LogP contribution in [0.5, 0.6) is 0 Å². The van der Waals surface area contributed by atoms with E-state index >= 15 is 0 Å². The highest BCUT2D eigenvalue weighted by molar-refractivity contribution is 5.66. The van der Waals surface area contributed by atoms with Crippen LogP contribution in [0.1, 0.15) is 42.7 Å². The van der Waals surface area contributed by atoms with Crippen LogP contribution in [0.2, 0.25) is 0 Å². The molecule has 1 aromatic carbocycles. The quantitative estimate of drug-likeness (QED) is 0.357. The first-order valence-electron chi connectivity index (χ1n) is 12.1. The van der Waals surface area contributed by atoms with E-state index in [-0.39, 0.29) is 0 Å². The molecule has 0 bridgehead atoms. The number of halogens is 3. The minimum Gasteiger partial charge on any atom is -0.369 e. The lowest BCUT2D eigenvalue weighted by Crippen LogP contribution is -2.26. The minimum absolute atomic E-state index is 0.296. The first kappa shape index (κ1) is 24.1. The molecule has 0 atom stereocenters. The zero-order chi connectivity index (χ0) is 25.6. The van der Waals surface area contributed by atoms with Crippen LogP contribution in [0, 0.1) is 6.92 Å². The fourth-order valence-electron chi connectivity index (χ4n) is 4.98. The Kier molecular flexibility index (Phi) is 6.10. The number of hydrogen-bond donors (Lipinski definition) is 0. The average Bonchev–Trinajstić information content (AvgIpc) is 3.30. The molecule has 5 rings (SSSR count). The van der Waals surface area contributed by atoms with Crippen LogP contribution in [0.25, 0.3) is 22.6 Å². The van der Waals surface area contributed by atoms with Crippen molar-refractivity contribution in [2.45, 2.75) is 45.8 Å². The van der Waals surface area contributed by atoms with E-state index in [2.05, 4.69) is 39.3 Å². The van der Waals surface area contributed by atoms with Gasteiger partial charge in [0, 0.05) is 68.0 Å². The highest BCUT2D eigenvalue weighted by Crippen LogP contribution is 2.33. The third-order valence-corrected chi connectivity index (χ3v) is 6.77. The maximum atomic E-state index is 13.1. The lowest BCUT2D eigenvalue weighted by atomic mass is 9.99. The first-order chi connectivity index (χ1) is 17.1. The molecule has 0 saturated heterocycles. The summed E-state index contributed by atoms with van der Waals surface area (Å²) in [5, 5.41) is 0. The van der Waals surface area contributed by atoms with E-state index in [9.17, 15) is 13.2 Å². The van der Waals surface area contributed by atoms with Crippen LogP contribution in [-0.4, -0.2) is 37.2 Å². The maximum Gasteiger partial charge on any atom is 0.434 e. The summed E-state index contributed by atoms with van der Waals surface area (Å²) in [6.07, 6.45) is -0.775. The van der Waals surface area contributed by atoms with Crippen LogP contribution in [0.4, 0.5) is 18.9 Å². The zero-order valence-corrected chi connectivity index (χ0v) is 20.8. The first-order valence-corrected chi connectivity index (χ1v) is 12.1.